The van der Waals surface area contributed by atoms with Crippen LogP contribution in [0.15, 0.2) is 28.8 Å². The van der Waals surface area contributed by atoms with Gasteiger partial charge in [0.25, 0.3) is 11.8 Å². The highest BCUT2D eigenvalue weighted by Crippen LogP contribution is 2.51. The molecule has 4 rings (SSSR count). The largest absolute Gasteiger partial charge is 0.368 e. The Balaban J connectivity index is 1.34. The molecule has 138 valence electrons. The number of aromatic nitrogens is 2. The normalized spacial score (nSPS) is 21.6. The van der Waals surface area contributed by atoms with Gasteiger partial charge in [0, 0.05) is 18.5 Å². The summed E-state index contributed by atoms with van der Waals surface area (Å²) >= 11 is 0. The second-order valence-corrected chi connectivity index (χ2v) is 7.21. The molecule has 1 amide bonds. The lowest BCUT2D eigenvalue weighted by Crippen LogP contribution is -2.54. The molecule has 26 heavy (non-hydrogen) atoms. The van der Waals surface area contributed by atoms with Crippen LogP contribution in [0.3, 0.4) is 0 Å². The molecule has 1 spiro atoms. The van der Waals surface area contributed by atoms with Gasteiger partial charge in [-0.25, -0.2) is 4.39 Å². The third kappa shape index (κ3) is 3.11. The van der Waals surface area contributed by atoms with Crippen molar-refractivity contribution in [3.63, 3.8) is 0 Å². The molecule has 0 N–H and O–H groups in total. The van der Waals surface area contributed by atoms with Crippen molar-refractivity contribution in [2.45, 2.75) is 45.3 Å². The van der Waals surface area contributed by atoms with Crippen molar-refractivity contribution >= 4 is 5.91 Å². The molecule has 1 aliphatic heterocycles. The Morgan fingerprint density at radius 1 is 1.35 bits per heavy atom. The molecule has 1 saturated heterocycles. The number of aryl methyl sites for hydroxylation is 1. The molecular weight excluding hydrogens is 337 g/mol. The van der Waals surface area contributed by atoms with Gasteiger partial charge in [0.15, 0.2) is 5.82 Å². The van der Waals surface area contributed by atoms with Crippen LogP contribution < -0.4 is 0 Å². The van der Waals surface area contributed by atoms with Crippen LogP contribution in [0.1, 0.15) is 47.8 Å². The Morgan fingerprint density at radius 2 is 2.12 bits per heavy atom. The molecular formula is C19H22FN3O3. The summed E-state index contributed by atoms with van der Waals surface area (Å²) in [7, 11) is 0. The van der Waals surface area contributed by atoms with Crippen LogP contribution in [0.4, 0.5) is 4.39 Å². The van der Waals surface area contributed by atoms with E-state index in [1.165, 1.54) is 6.07 Å². The standard InChI is InChI=1S/C19H22FN3O3/c1-13-21-17(26-22-13)12-25-16-6-7-19(16)8-10-23(11-9-19)18(24)14-4-2-3-5-15(14)20/h2-5,16H,6-12H2,1H3. The first-order valence-electron chi connectivity index (χ1n) is 9.02. The minimum absolute atomic E-state index is 0.112. The van der Waals surface area contributed by atoms with Crippen molar-refractivity contribution in [1.29, 1.82) is 0 Å². The lowest BCUT2D eigenvalue weighted by molar-refractivity contribution is -0.143. The fraction of sp³-hybridized carbons (Fsp3) is 0.526. The maximum Gasteiger partial charge on any atom is 0.256 e. The number of benzene rings is 1. The van der Waals surface area contributed by atoms with Crippen LogP contribution in [0.25, 0.3) is 0 Å². The van der Waals surface area contributed by atoms with Crippen molar-refractivity contribution in [2.24, 2.45) is 5.41 Å². The van der Waals surface area contributed by atoms with Crippen molar-refractivity contribution in [3.05, 3.63) is 47.4 Å². The fourth-order valence-electron chi connectivity index (χ4n) is 4.03. The number of likely N-dealkylation sites (tertiary alicyclic amines) is 1. The van der Waals surface area contributed by atoms with Crippen LogP contribution >= 0.6 is 0 Å². The maximum absolute atomic E-state index is 13.9. The van der Waals surface area contributed by atoms with Crippen LogP contribution in [-0.4, -0.2) is 40.1 Å². The Labute approximate surface area is 151 Å². The number of hydrogen-bond donors (Lipinski definition) is 0. The first-order valence-corrected chi connectivity index (χ1v) is 9.02. The van der Waals surface area contributed by atoms with Crippen molar-refractivity contribution in [2.75, 3.05) is 13.1 Å². The summed E-state index contributed by atoms with van der Waals surface area (Å²) < 4.78 is 25.0. The molecule has 0 bridgehead atoms. The minimum atomic E-state index is -0.461. The number of rotatable bonds is 4. The molecule has 1 aromatic carbocycles. The van der Waals surface area contributed by atoms with Crippen molar-refractivity contribution < 1.29 is 18.4 Å². The third-order valence-corrected chi connectivity index (χ3v) is 5.72. The number of halogens is 1. The Hall–Kier alpha value is -2.28. The van der Waals surface area contributed by atoms with Gasteiger partial charge in [-0.15, -0.1) is 0 Å². The van der Waals surface area contributed by atoms with Gasteiger partial charge in [-0.2, -0.15) is 4.98 Å². The second-order valence-electron chi connectivity index (χ2n) is 7.21. The Bertz CT molecular complexity index is 799. The molecule has 0 radical (unpaired) electrons. The second kappa shape index (κ2) is 6.79. The summed E-state index contributed by atoms with van der Waals surface area (Å²) in [5.74, 6) is 0.414. The van der Waals surface area contributed by atoms with Gasteiger partial charge in [-0.1, -0.05) is 17.3 Å². The lowest BCUT2D eigenvalue weighted by Gasteiger charge is -2.53. The van der Waals surface area contributed by atoms with E-state index in [0.29, 0.717) is 31.4 Å². The average Bonchev–Trinajstić information content (AvgIpc) is 3.06. The molecule has 2 aromatic rings. The topological polar surface area (TPSA) is 68.5 Å². The van der Waals surface area contributed by atoms with Gasteiger partial charge in [-0.05, 0) is 44.7 Å². The minimum Gasteiger partial charge on any atom is -0.368 e. The highest BCUT2D eigenvalue weighted by molar-refractivity contribution is 5.94. The monoisotopic (exact) mass is 359 g/mol. The summed E-state index contributed by atoms with van der Waals surface area (Å²) in [4.78, 5) is 18.5. The molecule has 6 nitrogen and oxygen atoms in total. The van der Waals surface area contributed by atoms with E-state index in [1.54, 1.807) is 30.0 Å². The van der Waals surface area contributed by atoms with Crippen LogP contribution in [0.2, 0.25) is 0 Å². The van der Waals surface area contributed by atoms with Gasteiger partial charge in [-0.3, -0.25) is 4.79 Å². The van der Waals surface area contributed by atoms with Crippen molar-refractivity contribution in [3.8, 4) is 0 Å². The van der Waals surface area contributed by atoms with Crippen LogP contribution in [0, 0.1) is 18.2 Å². The zero-order valence-corrected chi connectivity index (χ0v) is 14.8. The van der Waals surface area contributed by atoms with Crippen LogP contribution in [0.5, 0.6) is 0 Å². The molecule has 1 unspecified atom stereocenters. The fourth-order valence-corrected chi connectivity index (χ4v) is 4.03. The average molecular weight is 359 g/mol. The highest BCUT2D eigenvalue weighted by Gasteiger charge is 2.49. The lowest BCUT2D eigenvalue weighted by atomic mass is 9.60. The summed E-state index contributed by atoms with van der Waals surface area (Å²) in [6, 6.07) is 6.16. The molecule has 1 saturated carbocycles. The summed E-state index contributed by atoms with van der Waals surface area (Å²) in [5.41, 5.74) is 0.262. The molecule has 2 heterocycles. The molecule has 1 aliphatic carbocycles. The van der Waals surface area contributed by atoms with Crippen molar-refractivity contribution in [1.82, 2.24) is 15.0 Å². The van der Waals surface area contributed by atoms with Gasteiger partial charge in [0.2, 0.25) is 0 Å². The summed E-state index contributed by atoms with van der Waals surface area (Å²) in [5, 5.41) is 3.77. The quantitative estimate of drug-likeness (QED) is 0.839. The zero-order chi connectivity index (χ0) is 18.1. The Morgan fingerprint density at radius 3 is 2.73 bits per heavy atom. The number of ether oxygens (including phenoxy) is 1. The Kier molecular flexibility index (Phi) is 4.48. The van der Waals surface area contributed by atoms with E-state index in [1.807, 2.05) is 0 Å². The van der Waals surface area contributed by atoms with E-state index in [2.05, 4.69) is 10.1 Å². The number of carbonyl (C=O) groups excluding carboxylic acids is 1. The van der Waals surface area contributed by atoms with E-state index in [4.69, 9.17) is 9.26 Å². The first kappa shape index (κ1) is 17.1. The van der Waals surface area contributed by atoms with E-state index in [0.717, 1.165) is 25.7 Å². The number of nitrogens with zero attached hydrogens (tertiary/aromatic N) is 3. The maximum atomic E-state index is 13.9. The van der Waals surface area contributed by atoms with Gasteiger partial charge < -0.3 is 14.2 Å². The van der Waals surface area contributed by atoms with Gasteiger partial charge in [0.1, 0.15) is 12.4 Å². The third-order valence-electron chi connectivity index (χ3n) is 5.72. The molecule has 1 aromatic heterocycles. The SMILES string of the molecule is Cc1noc(COC2CCC23CCN(C(=O)c2ccccc2F)CC3)n1. The van der Waals surface area contributed by atoms with Gasteiger partial charge >= 0.3 is 0 Å². The number of hydrogen-bond acceptors (Lipinski definition) is 5. The van der Waals surface area contributed by atoms with E-state index < -0.39 is 5.82 Å². The molecule has 2 aliphatic rings. The smallest absolute Gasteiger partial charge is 0.256 e. The number of carbonyl (C=O) groups is 1. The predicted molar refractivity (Wildman–Crippen MR) is 90.8 cm³/mol. The summed E-state index contributed by atoms with van der Waals surface area (Å²) in [6.45, 7) is 3.37. The van der Waals surface area contributed by atoms with E-state index in [-0.39, 0.29) is 23.0 Å². The molecule has 2 fully saturated rings. The summed E-state index contributed by atoms with van der Waals surface area (Å²) in [6.07, 6.45) is 4.01. The first-order chi connectivity index (χ1) is 12.6. The molecule has 7 heteroatoms. The zero-order valence-electron chi connectivity index (χ0n) is 14.8. The number of piperidine rings is 1. The van der Waals surface area contributed by atoms with E-state index in [9.17, 15) is 9.18 Å². The molecule has 1 atom stereocenters. The van der Waals surface area contributed by atoms with E-state index >= 15 is 0 Å². The highest BCUT2D eigenvalue weighted by atomic mass is 19.1. The predicted octanol–water partition coefficient (Wildman–Crippen LogP) is 3.12. The number of amides is 1. The van der Waals surface area contributed by atoms with Crippen LogP contribution in [-0.2, 0) is 11.3 Å². The van der Waals surface area contributed by atoms with Gasteiger partial charge in [0.05, 0.1) is 11.7 Å².